The number of methoxy groups -OCH3 is 1. The SMILES string of the molecule is COCCn1cc(-c2ccc3c(c2)C(Nc2cccc(C)n2)[C@@H](C)C(C2CC2)N3C(C)=O)cn1. The second kappa shape index (κ2) is 9.22. The molecular weight excluding hydrogens is 426 g/mol. The van der Waals surface area contributed by atoms with E-state index < -0.39 is 0 Å². The van der Waals surface area contributed by atoms with E-state index in [1.807, 2.05) is 47.1 Å². The Kier molecular flexibility index (Phi) is 6.13. The Balaban J connectivity index is 1.57. The van der Waals surface area contributed by atoms with E-state index in [0.29, 0.717) is 19.1 Å². The van der Waals surface area contributed by atoms with Crippen molar-refractivity contribution >= 4 is 17.4 Å². The normalized spacial score (nSPS) is 21.9. The maximum absolute atomic E-state index is 12.9. The highest BCUT2D eigenvalue weighted by Crippen LogP contribution is 2.50. The van der Waals surface area contributed by atoms with Gasteiger partial charge < -0.3 is 15.0 Å². The molecule has 0 bridgehead atoms. The number of amides is 1. The maximum Gasteiger partial charge on any atom is 0.224 e. The quantitative estimate of drug-likeness (QED) is 0.548. The van der Waals surface area contributed by atoms with Crippen LogP contribution in [0.1, 0.15) is 44.0 Å². The third-order valence-corrected chi connectivity index (χ3v) is 7.11. The third-order valence-electron chi connectivity index (χ3n) is 7.11. The summed E-state index contributed by atoms with van der Waals surface area (Å²) in [7, 11) is 1.70. The molecule has 7 heteroatoms. The number of carbonyl (C=O) groups is 1. The van der Waals surface area contributed by atoms with Gasteiger partial charge in [-0.05, 0) is 61.1 Å². The van der Waals surface area contributed by atoms with Crippen LogP contribution in [0.3, 0.4) is 0 Å². The fourth-order valence-corrected chi connectivity index (χ4v) is 5.35. The van der Waals surface area contributed by atoms with Crippen LogP contribution >= 0.6 is 0 Å². The maximum atomic E-state index is 12.9. The van der Waals surface area contributed by atoms with E-state index in [1.165, 1.54) is 12.8 Å². The van der Waals surface area contributed by atoms with E-state index in [-0.39, 0.29) is 23.9 Å². The molecule has 178 valence electrons. The Hall–Kier alpha value is -3.19. The summed E-state index contributed by atoms with van der Waals surface area (Å²) in [6, 6.07) is 12.7. The van der Waals surface area contributed by atoms with E-state index in [2.05, 4.69) is 35.5 Å². The van der Waals surface area contributed by atoms with Crippen LogP contribution in [0.2, 0.25) is 0 Å². The highest BCUT2D eigenvalue weighted by Gasteiger charge is 2.47. The fraction of sp³-hybridized carbons (Fsp3) is 0.444. The highest BCUT2D eigenvalue weighted by molar-refractivity contribution is 5.94. The average Bonchev–Trinajstić information content (AvgIpc) is 3.55. The summed E-state index contributed by atoms with van der Waals surface area (Å²) in [6.07, 6.45) is 6.31. The molecule has 1 N–H and O–H groups in total. The Morgan fingerprint density at radius 2 is 2.03 bits per heavy atom. The van der Waals surface area contributed by atoms with Crippen molar-refractivity contribution in [2.45, 2.75) is 52.2 Å². The molecule has 1 aromatic carbocycles. The Morgan fingerprint density at radius 3 is 2.74 bits per heavy atom. The summed E-state index contributed by atoms with van der Waals surface area (Å²) >= 11 is 0. The summed E-state index contributed by atoms with van der Waals surface area (Å²) in [5.74, 6) is 1.77. The predicted octanol–water partition coefficient (Wildman–Crippen LogP) is 4.83. The molecule has 2 aliphatic rings. The molecule has 5 rings (SSSR count). The number of benzene rings is 1. The molecule has 3 atom stereocenters. The van der Waals surface area contributed by atoms with Crippen molar-refractivity contribution in [1.29, 1.82) is 0 Å². The Morgan fingerprint density at radius 1 is 1.21 bits per heavy atom. The number of ether oxygens (including phenoxy) is 1. The summed E-state index contributed by atoms with van der Waals surface area (Å²) in [4.78, 5) is 19.6. The lowest BCUT2D eigenvalue weighted by molar-refractivity contribution is -0.117. The number of pyridine rings is 1. The summed E-state index contributed by atoms with van der Waals surface area (Å²) in [5.41, 5.74) is 5.26. The van der Waals surface area contributed by atoms with Crippen molar-refractivity contribution < 1.29 is 9.53 Å². The summed E-state index contributed by atoms with van der Waals surface area (Å²) in [6.45, 7) is 7.30. The number of hydrogen-bond donors (Lipinski definition) is 1. The van der Waals surface area contributed by atoms with Gasteiger partial charge in [0, 0.05) is 49.1 Å². The lowest BCUT2D eigenvalue weighted by atomic mass is 9.79. The van der Waals surface area contributed by atoms with Crippen LogP contribution in [-0.2, 0) is 16.1 Å². The number of nitrogens with one attached hydrogen (secondary N) is 1. The summed E-state index contributed by atoms with van der Waals surface area (Å²) < 4.78 is 7.08. The number of carbonyl (C=O) groups excluding carboxylic acids is 1. The van der Waals surface area contributed by atoms with Crippen LogP contribution in [0, 0.1) is 18.8 Å². The first-order valence-electron chi connectivity index (χ1n) is 12.1. The summed E-state index contributed by atoms with van der Waals surface area (Å²) in [5, 5.41) is 8.21. The van der Waals surface area contributed by atoms with Gasteiger partial charge in [-0.2, -0.15) is 5.10 Å². The molecular formula is C27H33N5O2. The first-order chi connectivity index (χ1) is 16.5. The van der Waals surface area contributed by atoms with Crippen molar-refractivity contribution in [2.75, 3.05) is 23.9 Å². The number of nitrogens with zero attached hydrogens (tertiary/aromatic N) is 4. The van der Waals surface area contributed by atoms with Gasteiger partial charge >= 0.3 is 0 Å². The molecule has 0 saturated heterocycles. The van der Waals surface area contributed by atoms with Crippen LogP contribution in [-0.4, -0.2) is 40.4 Å². The molecule has 1 aliphatic heterocycles. The van der Waals surface area contributed by atoms with Crippen LogP contribution < -0.4 is 10.2 Å². The van der Waals surface area contributed by atoms with Crippen molar-refractivity contribution in [3.63, 3.8) is 0 Å². The molecule has 1 aliphatic carbocycles. The van der Waals surface area contributed by atoms with Gasteiger partial charge in [0.25, 0.3) is 0 Å². The molecule has 3 heterocycles. The number of anilines is 2. The van der Waals surface area contributed by atoms with Crippen LogP contribution in [0.4, 0.5) is 11.5 Å². The second-order valence-corrected chi connectivity index (χ2v) is 9.62. The number of aromatic nitrogens is 3. The van der Waals surface area contributed by atoms with Gasteiger partial charge in [0.1, 0.15) is 5.82 Å². The number of rotatable bonds is 7. The predicted molar refractivity (Wildman–Crippen MR) is 134 cm³/mol. The largest absolute Gasteiger partial charge is 0.383 e. The van der Waals surface area contributed by atoms with Crippen molar-refractivity contribution in [3.05, 3.63) is 60.0 Å². The molecule has 0 radical (unpaired) electrons. The second-order valence-electron chi connectivity index (χ2n) is 9.62. The number of fused-ring (bicyclic) bond motifs is 1. The molecule has 7 nitrogen and oxygen atoms in total. The monoisotopic (exact) mass is 459 g/mol. The van der Waals surface area contributed by atoms with E-state index in [0.717, 1.165) is 33.9 Å². The minimum absolute atomic E-state index is 0.0500. The minimum atomic E-state index is 0.0500. The van der Waals surface area contributed by atoms with Crippen LogP contribution in [0.15, 0.2) is 48.8 Å². The lowest BCUT2D eigenvalue weighted by Gasteiger charge is -2.46. The molecule has 34 heavy (non-hydrogen) atoms. The van der Waals surface area contributed by atoms with Crippen molar-refractivity contribution in [2.24, 2.45) is 11.8 Å². The van der Waals surface area contributed by atoms with Gasteiger partial charge in [0.05, 0.1) is 25.4 Å². The third kappa shape index (κ3) is 4.32. The minimum Gasteiger partial charge on any atom is -0.383 e. The van der Waals surface area contributed by atoms with Gasteiger partial charge in [-0.25, -0.2) is 4.98 Å². The van der Waals surface area contributed by atoms with Gasteiger partial charge in [-0.1, -0.05) is 19.1 Å². The van der Waals surface area contributed by atoms with Gasteiger partial charge in [-0.15, -0.1) is 0 Å². The Bertz CT molecular complexity index is 1190. The zero-order valence-corrected chi connectivity index (χ0v) is 20.4. The molecule has 3 aromatic rings. The first kappa shape index (κ1) is 22.6. The number of aryl methyl sites for hydroxylation is 1. The smallest absolute Gasteiger partial charge is 0.224 e. The van der Waals surface area contributed by atoms with Crippen LogP contribution in [0.25, 0.3) is 11.1 Å². The zero-order chi connectivity index (χ0) is 23.8. The highest BCUT2D eigenvalue weighted by atomic mass is 16.5. The van der Waals surface area contributed by atoms with Crippen molar-refractivity contribution in [1.82, 2.24) is 14.8 Å². The topological polar surface area (TPSA) is 72.3 Å². The molecule has 2 aromatic heterocycles. The Labute approximate surface area is 201 Å². The van der Waals surface area contributed by atoms with E-state index in [9.17, 15) is 4.79 Å². The standard InChI is InChI=1S/C27H33N5O2/c1-17-6-5-7-25(29-17)30-26-18(2)27(20-8-9-20)32(19(3)33)24-11-10-21(14-23(24)26)22-15-28-31(16-22)12-13-34-4/h5-7,10-11,14-16,18,20,26-27H,8-9,12-13H2,1-4H3,(H,29,30)/t18-,26?,27?/m1/s1. The number of hydrogen-bond acceptors (Lipinski definition) is 5. The van der Waals surface area contributed by atoms with Gasteiger partial charge in [-0.3, -0.25) is 9.48 Å². The average molecular weight is 460 g/mol. The van der Waals surface area contributed by atoms with E-state index in [1.54, 1.807) is 14.0 Å². The molecule has 2 unspecified atom stereocenters. The molecule has 1 saturated carbocycles. The first-order valence-corrected chi connectivity index (χ1v) is 12.1. The molecule has 0 spiro atoms. The molecule has 1 amide bonds. The van der Waals surface area contributed by atoms with Crippen molar-refractivity contribution in [3.8, 4) is 11.1 Å². The van der Waals surface area contributed by atoms with E-state index >= 15 is 0 Å². The molecule has 1 fully saturated rings. The van der Waals surface area contributed by atoms with Crippen LogP contribution in [0.5, 0.6) is 0 Å². The fourth-order valence-electron chi connectivity index (χ4n) is 5.35. The van der Waals surface area contributed by atoms with Gasteiger partial charge in [0.2, 0.25) is 5.91 Å². The van der Waals surface area contributed by atoms with Gasteiger partial charge in [0.15, 0.2) is 0 Å². The van der Waals surface area contributed by atoms with E-state index in [4.69, 9.17) is 9.72 Å². The zero-order valence-electron chi connectivity index (χ0n) is 20.4. The lowest BCUT2D eigenvalue weighted by Crippen LogP contribution is -2.51.